The van der Waals surface area contributed by atoms with E-state index in [2.05, 4.69) is 15.7 Å². The summed E-state index contributed by atoms with van der Waals surface area (Å²) in [6, 6.07) is 6.89. The molecule has 2 aromatic rings. The number of aromatic nitrogens is 2. The smallest absolute Gasteiger partial charge is 0.345 e. The van der Waals surface area contributed by atoms with Gasteiger partial charge in [-0.05, 0) is 25.1 Å². The Hall–Kier alpha value is -2.87. The van der Waals surface area contributed by atoms with E-state index in [-0.39, 0.29) is 0 Å². The zero-order valence-corrected chi connectivity index (χ0v) is 13.0. The Morgan fingerprint density at radius 3 is 2.57 bits per heavy atom. The fourth-order valence-electron chi connectivity index (χ4n) is 1.85. The average molecular weight is 318 g/mol. The highest BCUT2D eigenvalue weighted by molar-refractivity contribution is 6.11. The molecule has 0 radical (unpaired) electrons. The zero-order chi connectivity index (χ0) is 17.0. The molecule has 0 spiro atoms. The van der Waals surface area contributed by atoms with Crippen LogP contribution in [0.5, 0.6) is 0 Å². The van der Waals surface area contributed by atoms with Crippen molar-refractivity contribution in [3.8, 4) is 0 Å². The summed E-state index contributed by atoms with van der Waals surface area (Å²) in [5.41, 5.74) is 0.0224. The molecule has 0 fully saturated rings. The first kappa shape index (κ1) is 16.5. The maximum Gasteiger partial charge on any atom is 0.345 e. The molecule has 0 aliphatic heterocycles. The quantitative estimate of drug-likeness (QED) is 0.699. The minimum atomic E-state index is -1.95. The Bertz CT molecular complexity index is 728. The Morgan fingerprint density at radius 2 is 2.00 bits per heavy atom. The SMILES string of the molecule is COC(C)(C(=O)O)C(=O)Nc1cccc(Nc2cnn(C)c2)c1. The van der Waals surface area contributed by atoms with Crippen molar-refractivity contribution in [2.24, 2.45) is 7.05 Å². The van der Waals surface area contributed by atoms with Gasteiger partial charge in [-0.15, -0.1) is 0 Å². The predicted octanol–water partition coefficient (Wildman–Crippen LogP) is 1.59. The van der Waals surface area contributed by atoms with Crippen LogP contribution in [-0.4, -0.2) is 39.5 Å². The van der Waals surface area contributed by atoms with Crippen molar-refractivity contribution in [2.45, 2.75) is 12.5 Å². The molecule has 0 aliphatic carbocycles. The second kappa shape index (κ2) is 6.49. The lowest BCUT2D eigenvalue weighted by molar-refractivity contribution is -0.165. The molecule has 3 N–H and O–H groups in total. The number of nitrogens with zero attached hydrogens (tertiary/aromatic N) is 2. The molecular weight excluding hydrogens is 300 g/mol. The summed E-state index contributed by atoms with van der Waals surface area (Å²) in [5, 5.41) is 18.8. The Kier molecular flexibility index (Phi) is 4.65. The van der Waals surface area contributed by atoms with Crippen molar-refractivity contribution < 1.29 is 19.4 Å². The molecule has 8 heteroatoms. The lowest BCUT2D eigenvalue weighted by Crippen LogP contribution is -2.48. The molecule has 2 rings (SSSR count). The highest BCUT2D eigenvalue weighted by Crippen LogP contribution is 2.21. The van der Waals surface area contributed by atoms with Crippen molar-refractivity contribution in [3.63, 3.8) is 0 Å². The van der Waals surface area contributed by atoms with Crippen LogP contribution >= 0.6 is 0 Å². The second-order valence-electron chi connectivity index (χ2n) is 5.11. The van der Waals surface area contributed by atoms with Crippen LogP contribution < -0.4 is 10.6 Å². The Labute approximate surface area is 133 Å². The number of hydrogen-bond donors (Lipinski definition) is 3. The Morgan fingerprint density at radius 1 is 1.30 bits per heavy atom. The number of rotatable bonds is 6. The van der Waals surface area contributed by atoms with E-state index in [9.17, 15) is 9.59 Å². The van der Waals surface area contributed by atoms with Crippen LogP contribution in [0.3, 0.4) is 0 Å². The van der Waals surface area contributed by atoms with Gasteiger partial charge in [0, 0.05) is 31.7 Å². The number of carbonyl (C=O) groups is 2. The van der Waals surface area contributed by atoms with Gasteiger partial charge in [0.1, 0.15) is 0 Å². The predicted molar refractivity (Wildman–Crippen MR) is 84.6 cm³/mol. The van der Waals surface area contributed by atoms with Gasteiger partial charge in [0.15, 0.2) is 0 Å². The van der Waals surface area contributed by atoms with Crippen molar-refractivity contribution >= 4 is 28.9 Å². The molecule has 0 saturated heterocycles. The van der Waals surface area contributed by atoms with Gasteiger partial charge in [0.2, 0.25) is 5.60 Å². The summed E-state index contributed by atoms with van der Waals surface area (Å²) < 4.78 is 6.48. The van der Waals surface area contributed by atoms with Gasteiger partial charge >= 0.3 is 5.97 Å². The van der Waals surface area contributed by atoms with Crippen molar-refractivity contribution in [2.75, 3.05) is 17.7 Å². The fourth-order valence-corrected chi connectivity index (χ4v) is 1.85. The molecule has 1 atom stereocenters. The first-order valence-electron chi connectivity index (χ1n) is 6.81. The zero-order valence-electron chi connectivity index (χ0n) is 13.0. The summed E-state index contributed by atoms with van der Waals surface area (Å²) >= 11 is 0. The minimum Gasteiger partial charge on any atom is -0.479 e. The number of carbonyl (C=O) groups excluding carboxylic acids is 1. The van der Waals surface area contributed by atoms with E-state index in [0.717, 1.165) is 11.4 Å². The molecule has 0 saturated carbocycles. The van der Waals surface area contributed by atoms with Gasteiger partial charge in [-0.1, -0.05) is 6.07 Å². The number of ether oxygens (including phenoxy) is 1. The van der Waals surface area contributed by atoms with E-state index in [1.54, 1.807) is 42.3 Å². The van der Waals surface area contributed by atoms with E-state index >= 15 is 0 Å². The number of methoxy groups -OCH3 is 1. The molecule has 1 aromatic carbocycles. The summed E-state index contributed by atoms with van der Waals surface area (Å²) in [5.74, 6) is -2.12. The maximum atomic E-state index is 12.1. The molecule has 8 nitrogen and oxygen atoms in total. The van der Waals surface area contributed by atoms with Crippen LogP contribution in [0.15, 0.2) is 36.7 Å². The first-order valence-corrected chi connectivity index (χ1v) is 6.81. The van der Waals surface area contributed by atoms with Crippen LogP contribution in [0.1, 0.15) is 6.92 Å². The van der Waals surface area contributed by atoms with Crippen LogP contribution in [-0.2, 0) is 21.4 Å². The number of carboxylic acids is 1. The second-order valence-corrected chi connectivity index (χ2v) is 5.11. The van der Waals surface area contributed by atoms with E-state index < -0.39 is 17.5 Å². The average Bonchev–Trinajstić information content (AvgIpc) is 2.91. The molecule has 0 aliphatic rings. The standard InChI is InChI=1S/C15H18N4O4/c1-15(23-3,14(21)22)13(20)18-11-6-4-5-10(7-11)17-12-8-16-19(2)9-12/h4-9,17H,1-3H3,(H,18,20)(H,21,22). The summed E-state index contributed by atoms with van der Waals surface area (Å²) in [7, 11) is 2.98. The number of amides is 1. The van der Waals surface area contributed by atoms with Gasteiger partial charge in [0.05, 0.1) is 11.9 Å². The number of benzene rings is 1. The summed E-state index contributed by atoms with van der Waals surface area (Å²) in [6.07, 6.45) is 3.47. The lowest BCUT2D eigenvalue weighted by atomic mass is 10.1. The van der Waals surface area contributed by atoms with E-state index in [4.69, 9.17) is 9.84 Å². The first-order chi connectivity index (χ1) is 10.8. The van der Waals surface area contributed by atoms with Gasteiger partial charge in [-0.3, -0.25) is 9.48 Å². The van der Waals surface area contributed by atoms with Crippen LogP contribution in [0, 0.1) is 0 Å². The number of aryl methyl sites for hydroxylation is 1. The molecule has 0 bridgehead atoms. The molecular formula is C15H18N4O4. The fraction of sp³-hybridized carbons (Fsp3) is 0.267. The minimum absolute atomic E-state index is 0.452. The van der Waals surface area contributed by atoms with Gasteiger partial charge in [0.25, 0.3) is 5.91 Å². The number of aliphatic carboxylic acids is 1. The number of nitrogens with one attached hydrogen (secondary N) is 2. The molecule has 1 unspecified atom stereocenters. The maximum absolute atomic E-state index is 12.1. The lowest BCUT2D eigenvalue weighted by Gasteiger charge is -2.22. The topological polar surface area (TPSA) is 105 Å². The van der Waals surface area contributed by atoms with Crippen molar-refractivity contribution in [1.82, 2.24) is 9.78 Å². The molecule has 1 heterocycles. The molecule has 23 heavy (non-hydrogen) atoms. The highest BCUT2D eigenvalue weighted by atomic mass is 16.5. The molecule has 1 aromatic heterocycles. The van der Waals surface area contributed by atoms with Crippen molar-refractivity contribution in [3.05, 3.63) is 36.7 Å². The van der Waals surface area contributed by atoms with Gasteiger partial charge in [-0.25, -0.2) is 4.79 Å². The molecule has 1 amide bonds. The third kappa shape index (κ3) is 3.67. The summed E-state index contributed by atoms with van der Waals surface area (Å²) in [6.45, 7) is 1.20. The third-order valence-corrected chi connectivity index (χ3v) is 3.36. The van der Waals surface area contributed by atoms with E-state index in [0.29, 0.717) is 5.69 Å². The van der Waals surface area contributed by atoms with E-state index in [1.165, 1.54) is 14.0 Å². The van der Waals surface area contributed by atoms with E-state index in [1.807, 2.05) is 6.07 Å². The number of hydrogen-bond acceptors (Lipinski definition) is 5. The van der Waals surface area contributed by atoms with Crippen molar-refractivity contribution in [1.29, 1.82) is 0 Å². The van der Waals surface area contributed by atoms with Gasteiger partial charge in [-0.2, -0.15) is 5.10 Å². The van der Waals surface area contributed by atoms with Crippen LogP contribution in [0.2, 0.25) is 0 Å². The van der Waals surface area contributed by atoms with Crippen LogP contribution in [0.4, 0.5) is 17.1 Å². The normalized spacial score (nSPS) is 13.2. The monoisotopic (exact) mass is 318 g/mol. The number of anilines is 3. The number of carboxylic acid groups (broad SMARTS) is 1. The van der Waals surface area contributed by atoms with Crippen LogP contribution in [0.25, 0.3) is 0 Å². The largest absolute Gasteiger partial charge is 0.479 e. The Balaban J connectivity index is 2.13. The summed E-state index contributed by atoms with van der Waals surface area (Å²) in [4.78, 5) is 23.3. The third-order valence-electron chi connectivity index (χ3n) is 3.36. The highest BCUT2D eigenvalue weighted by Gasteiger charge is 2.41. The van der Waals surface area contributed by atoms with Gasteiger partial charge < -0.3 is 20.5 Å². The molecule has 122 valence electrons.